The van der Waals surface area contributed by atoms with E-state index in [9.17, 15) is 0 Å². The van der Waals surface area contributed by atoms with Gasteiger partial charge in [-0.3, -0.25) is 4.90 Å². The molecule has 0 fully saturated rings. The average Bonchev–Trinajstić information content (AvgIpc) is 2.92. The highest BCUT2D eigenvalue weighted by Gasteiger charge is 2.22. The van der Waals surface area contributed by atoms with Gasteiger partial charge in [0.1, 0.15) is 12.4 Å². The van der Waals surface area contributed by atoms with Crippen LogP contribution in [0.3, 0.4) is 0 Å². The Morgan fingerprint density at radius 3 is 2.30 bits per heavy atom. The first kappa shape index (κ1) is 27.1. The number of hydrogen-bond acceptors (Lipinski definition) is 4. The Balaban J connectivity index is 1.80. The molecule has 1 aromatic heterocycles. The van der Waals surface area contributed by atoms with Gasteiger partial charge in [-0.25, -0.2) is 9.97 Å². The lowest BCUT2D eigenvalue weighted by molar-refractivity contribution is 0.300. The summed E-state index contributed by atoms with van der Waals surface area (Å²) < 4.78 is 6.49. The fourth-order valence-electron chi connectivity index (χ4n) is 5.17. The quantitative estimate of drug-likeness (QED) is 0.304. The van der Waals surface area contributed by atoms with Crippen LogP contribution in [-0.2, 0) is 19.4 Å². The molecule has 0 unspecified atom stereocenters. The van der Waals surface area contributed by atoms with E-state index in [0.717, 1.165) is 73.0 Å². The molecular weight excluding hydrogens is 454 g/mol. The number of rotatable bonds is 9. The Morgan fingerprint density at radius 1 is 0.973 bits per heavy atom. The molecule has 37 heavy (non-hydrogen) atoms. The first-order valence-electron chi connectivity index (χ1n) is 14.0. The van der Waals surface area contributed by atoms with Crippen LogP contribution in [-0.4, -0.2) is 34.5 Å². The molecule has 196 valence electrons. The topological polar surface area (TPSA) is 38.2 Å². The molecule has 2 heterocycles. The summed E-state index contributed by atoms with van der Waals surface area (Å²) in [6, 6.07) is 13.1. The Bertz CT molecular complexity index is 1250. The van der Waals surface area contributed by atoms with Crippen LogP contribution in [0.1, 0.15) is 86.2 Å². The molecule has 0 bridgehead atoms. The molecule has 1 aliphatic heterocycles. The molecule has 4 nitrogen and oxygen atoms in total. The van der Waals surface area contributed by atoms with Crippen molar-refractivity contribution in [3.05, 3.63) is 81.7 Å². The van der Waals surface area contributed by atoms with Gasteiger partial charge >= 0.3 is 0 Å². The largest absolute Gasteiger partial charge is 0.488 e. The number of aryl methyl sites for hydroxylation is 4. The number of nitrogens with zero attached hydrogens (tertiary/aromatic N) is 3. The van der Waals surface area contributed by atoms with E-state index in [0.29, 0.717) is 12.5 Å². The summed E-state index contributed by atoms with van der Waals surface area (Å²) in [5.74, 6) is 2.26. The third-order valence-corrected chi connectivity index (χ3v) is 7.73. The summed E-state index contributed by atoms with van der Waals surface area (Å²) in [6.07, 6.45) is 5.28. The lowest BCUT2D eigenvalue weighted by atomic mass is 9.95. The van der Waals surface area contributed by atoms with Crippen molar-refractivity contribution >= 4 is 5.57 Å². The maximum Gasteiger partial charge on any atom is 0.160 e. The van der Waals surface area contributed by atoms with E-state index in [-0.39, 0.29) is 0 Å². The van der Waals surface area contributed by atoms with E-state index in [4.69, 9.17) is 14.7 Å². The minimum atomic E-state index is 0.461. The second kappa shape index (κ2) is 12.0. The van der Waals surface area contributed by atoms with Gasteiger partial charge in [0, 0.05) is 29.9 Å². The van der Waals surface area contributed by atoms with Gasteiger partial charge in [-0.15, -0.1) is 0 Å². The number of hydrogen-bond donors (Lipinski definition) is 0. The molecule has 0 aliphatic carbocycles. The van der Waals surface area contributed by atoms with Crippen LogP contribution in [0.25, 0.3) is 17.0 Å². The summed E-state index contributed by atoms with van der Waals surface area (Å²) in [5, 5.41) is 0. The standard InChI is InChI=1S/C33H43N3O/c1-8-25-12-11-13-26(9-2)31(25)33-34-24(7)29(32(35-33)27-16-18-36(10-3)19-17-27)21-37-30-20-28(22(4)5)15-14-23(30)6/h11-16,20,22H,8-10,17-19,21H2,1-7H3. The van der Waals surface area contributed by atoms with Gasteiger partial charge in [-0.2, -0.15) is 0 Å². The van der Waals surface area contributed by atoms with Crippen molar-refractivity contribution in [2.75, 3.05) is 19.6 Å². The molecule has 0 radical (unpaired) electrons. The predicted molar refractivity (Wildman–Crippen MR) is 155 cm³/mol. The average molecular weight is 498 g/mol. The van der Waals surface area contributed by atoms with E-state index in [1.165, 1.54) is 27.8 Å². The molecule has 1 aliphatic rings. The van der Waals surface area contributed by atoms with Crippen LogP contribution in [0.2, 0.25) is 0 Å². The molecule has 4 rings (SSSR count). The third-order valence-electron chi connectivity index (χ3n) is 7.73. The number of likely N-dealkylation sites (N-methyl/N-ethyl adjacent to an activating group) is 1. The maximum atomic E-state index is 6.49. The molecule has 4 heteroatoms. The van der Waals surface area contributed by atoms with Crippen molar-refractivity contribution in [3.8, 4) is 17.1 Å². The minimum Gasteiger partial charge on any atom is -0.488 e. The van der Waals surface area contributed by atoms with Crippen molar-refractivity contribution < 1.29 is 4.74 Å². The lowest BCUT2D eigenvalue weighted by Crippen LogP contribution is -2.28. The van der Waals surface area contributed by atoms with E-state index in [1.54, 1.807) is 0 Å². The molecule has 0 saturated carbocycles. The first-order chi connectivity index (χ1) is 17.9. The second-order valence-electron chi connectivity index (χ2n) is 10.5. The normalized spacial score (nSPS) is 14.2. The van der Waals surface area contributed by atoms with Gasteiger partial charge in [0.05, 0.1) is 5.69 Å². The zero-order valence-corrected chi connectivity index (χ0v) is 23.8. The zero-order chi connectivity index (χ0) is 26.5. The zero-order valence-electron chi connectivity index (χ0n) is 23.8. The van der Waals surface area contributed by atoms with Crippen LogP contribution < -0.4 is 4.74 Å². The Kier molecular flexibility index (Phi) is 8.81. The van der Waals surface area contributed by atoms with E-state index < -0.39 is 0 Å². The van der Waals surface area contributed by atoms with Crippen molar-refractivity contribution in [1.29, 1.82) is 0 Å². The van der Waals surface area contributed by atoms with Gasteiger partial charge in [0.15, 0.2) is 5.82 Å². The van der Waals surface area contributed by atoms with Crippen molar-refractivity contribution in [1.82, 2.24) is 14.9 Å². The van der Waals surface area contributed by atoms with E-state index in [1.807, 2.05) is 0 Å². The molecule has 3 aromatic rings. The summed E-state index contributed by atoms with van der Waals surface area (Å²) in [5.41, 5.74) is 10.7. The third kappa shape index (κ3) is 5.96. The van der Waals surface area contributed by atoms with Gasteiger partial charge in [-0.05, 0) is 79.5 Å². The molecule has 0 saturated heterocycles. The summed E-state index contributed by atoms with van der Waals surface area (Å²) in [6.45, 7) is 18.9. The van der Waals surface area contributed by atoms with Crippen LogP contribution in [0.4, 0.5) is 0 Å². The number of aromatic nitrogens is 2. The van der Waals surface area contributed by atoms with Crippen LogP contribution in [0.5, 0.6) is 5.75 Å². The predicted octanol–water partition coefficient (Wildman–Crippen LogP) is 7.70. The smallest absolute Gasteiger partial charge is 0.160 e. The van der Waals surface area contributed by atoms with E-state index >= 15 is 0 Å². The van der Waals surface area contributed by atoms with Crippen molar-refractivity contribution in [2.24, 2.45) is 0 Å². The van der Waals surface area contributed by atoms with Gasteiger partial charge in [0.25, 0.3) is 0 Å². The number of benzene rings is 2. The fourth-order valence-corrected chi connectivity index (χ4v) is 5.17. The van der Waals surface area contributed by atoms with Gasteiger partial charge in [0.2, 0.25) is 0 Å². The van der Waals surface area contributed by atoms with Gasteiger partial charge < -0.3 is 4.74 Å². The lowest BCUT2D eigenvalue weighted by Gasteiger charge is -2.26. The molecule has 0 amide bonds. The number of ether oxygens (including phenoxy) is 1. The Labute approximate surface area is 223 Å². The fraction of sp³-hybridized carbons (Fsp3) is 0.455. The first-order valence-corrected chi connectivity index (χ1v) is 14.0. The second-order valence-corrected chi connectivity index (χ2v) is 10.5. The molecule has 0 atom stereocenters. The van der Waals surface area contributed by atoms with Gasteiger partial charge in [-0.1, -0.05) is 71.0 Å². The monoisotopic (exact) mass is 497 g/mol. The van der Waals surface area contributed by atoms with Crippen LogP contribution in [0.15, 0.2) is 42.5 Å². The summed E-state index contributed by atoms with van der Waals surface area (Å²) >= 11 is 0. The summed E-state index contributed by atoms with van der Waals surface area (Å²) in [7, 11) is 0. The highest BCUT2D eigenvalue weighted by molar-refractivity contribution is 5.71. The van der Waals surface area contributed by atoms with Crippen LogP contribution in [0, 0.1) is 13.8 Å². The molecule has 2 aromatic carbocycles. The van der Waals surface area contributed by atoms with Crippen molar-refractivity contribution in [3.63, 3.8) is 0 Å². The maximum absolute atomic E-state index is 6.49. The van der Waals surface area contributed by atoms with E-state index in [2.05, 4.69) is 95.8 Å². The molecule has 0 N–H and O–H groups in total. The minimum absolute atomic E-state index is 0.461. The highest BCUT2D eigenvalue weighted by Crippen LogP contribution is 2.33. The van der Waals surface area contributed by atoms with Crippen LogP contribution >= 0.6 is 0 Å². The SMILES string of the molecule is CCc1cccc(CC)c1-c1nc(C)c(COc2cc(C(C)C)ccc2C)c(C2=CCN(CC)CC2)n1. The highest BCUT2D eigenvalue weighted by atomic mass is 16.5. The van der Waals surface area contributed by atoms with Crippen molar-refractivity contribution in [2.45, 2.75) is 80.3 Å². The Hall–Kier alpha value is -2.98. The molecular formula is C33H43N3O. The summed E-state index contributed by atoms with van der Waals surface area (Å²) in [4.78, 5) is 12.9. The Morgan fingerprint density at radius 2 is 1.70 bits per heavy atom. The molecule has 0 spiro atoms.